The molecule has 8 heteroatoms. The van der Waals surface area contributed by atoms with Crippen LogP contribution >= 0.6 is 0 Å². The first-order chi connectivity index (χ1) is 18.1. The van der Waals surface area contributed by atoms with E-state index in [4.69, 9.17) is 14.2 Å². The van der Waals surface area contributed by atoms with Crippen LogP contribution in [-0.4, -0.2) is 59.4 Å². The van der Waals surface area contributed by atoms with Gasteiger partial charge in [0.2, 0.25) is 0 Å². The summed E-state index contributed by atoms with van der Waals surface area (Å²) >= 11 is 0. The molecule has 0 spiro atoms. The van der Waals surface area contributed by atoms with Crippen LogP contribution in [0.4, 0.5) is 9.59 Å². The van der Waals surface area contributed by atoms with E-state index < -0.39 is 12.2 Å². The van der Waals surface area contributed by atoms with Gasteiger partial charge in [-0.25, -0.2) is 19.6 Å². The second-order valence-corrected chi connectivity index (χ2v) is 9.36. The zero-order chi connectivity index (χ0) is 25.6. The molecule has 37 heavy (non-hydrogen) atoms. The highest BCUT2D eigenvalue weighted by Crippen LogP contribution is 2.33. The van der Waals surface area contributed by atoms with Gasteiger partial charge in [0.1, 0.15) is 19.0 Å². The molecule has 2 atom stereocenters. The summed E-state index contributed by atoms with van der Waals surface area (Å²) < 4.78 is 16.6. The SMILES string of the molecule is COc1ccc(CN2CC3CC(C2)N(C(=O)OCc2ccccc2)N3C(=O)OCc2ccccc2)cc1. The number of methoxy groups -OCH3 is 1. The maximum Gasteiger partial charge on any atom is 0.429 e. The summed E-state index contributed by atoms with van der Waals surface area (Å²) in [6, 6.07) is 26.6. The largest absolute Gasteiger partial charge is 0.497 e. The van der Waals surface area contributed by atoms with Crippen LogP contribution in [0.1, 0.15) is 23.1 Å². The van der Waals surface area contributed by atoms with Crippen LogP contribution < -0.4 is 4.74 Å². The minimum absolute atomic E-state index is 0.135. The molecule has 0 aliphatic carbocycles. The second-order valence-electron chi connectivity index (χ2n) is 9.36. The maximum absolute atomic E-state index is 13.3. The molecular formula is C29H31N3O5. The third-order valence-corrected chi connectivity index (χ3v) is 6.76. The number of likely N-dealkylation sites (tertiary alicyclic amines) is 1. The predicted molar refractivity (Wildman–Crippen MR) is 137 cm³/mol. The minimum Gasteiger partial charge on any atom is -0.497 e. The van der Waals surface area contributed by atoms with Crippen molar-refractivity contribution in [2.75, 3.05) is 20.2 Å². The highest BCUT2D eigenvalue weighted by atomic mass is 16.6. The van der Waals surface area contributed by atoms with Gasteiger partial charge in [-0.15, -0.1) is 0 Å². The second kappa shape index (κ2) is 11.3. The maximum atomic E-state index is 13.3. The number of rotatable bonds is 7. The molecule has 0 N–H and O–H groups in total. The first-order valence-corrected chi connectivity index (χ1v) is 12.5. The van der Waals surface area contributed by atoms with Crippen molar-refractivity contribution < 1.29 is 23.8 Å². The van der Waals surface area contributed by atoms with Gasteiger partial charge < -0.3 is 14.2 Å². The molecule has 3 aromatic rings. The van der Waals surface area contributed by atoms with Gasteiger partial charge in [0, 0.05) is 19.6 Å². The molecule has 2 amide bonds. The average molecular weight is 502 g/mol. The smallest absolute Gasteiger partial charge is 0.429 e. The molecule has 2 fully saturated rings. The molecular weight excluding hydrogens is 470 g/mol. The number of carbonyl (C=O) groups is 2. The number of hydrazine groups is 1. The number of amides is 2. The first kappa shape index (κ1) is 24.6. The first-order valence-electron chi connectivity index (χ1n) is 12.5. The Hall–Kier alpha value is -4.04. The Bertz CT molecular complexity index is 1120. The van der Waals surface area contributed by atoms with E-state index in [1.807, 2.05) is 84.9 Å². The molecule has 2 saturated heterocycles. The van der Waals surface area contributed by atoms with Crippen molar-refractivity contribution in [2.45, 2.75) is 38.3 Å². The highest BCUT2D eigenvalue weighted by molar-refractivity contribution is 5.76. The number of hydrogen-bond acceptors (Lipinski definition) is 6. The third kappa shape index (κ3) is 5.86. The van der Waals surface area contributed by atoms with Crippen molar-refractivity contribution in [1.29, 1.82) is 0 Å². The molecule has 2 bridgehead atoms. The lowest BCUT2D eigenvalue weighted by Gasteiger charge is -2.30. The molecule has 0 radical (unpaired) electrons. The van der Waals surface area contributed by atoms with E-state index in [0.29, 0.717) is 26.1 Å². The molecule has 3 aromatic carbocycles. The molecule has 2 heterocycles. The van der Waals surface area contributed by atoms with E-state index >= 15 is 0 Å². The van der Waals surface area contributed by atoms with E-state index in [1.54, 1.807) is 7.11 Å². The van der Waals surface area contributed by atoms with E-state index in [0.717, 1.165) is 22.4 Å². The Morgan fingerprint density at radius 1 is 0.703 bits per heavy atom. The van der Waals surface area contributed by atoms with Crippen LogP contribution in [0.2, 0.25) is 0 Å². The van der Waals surface area contributed by atoms with Gasteiger partial charge in [0.15, 0.2) is 0 Å². The van der Waals surface area contributed by atoms with Crippen LogP contribution in [0.5, 0.6) is 5.75 Å². The summed E-state index contributed by atoms with van der Waals surface area (Å²) in [6.07, 6.45) is -0.404. The van der Waals surface area contributed by atoms with Crippen LogP contribution in [0, 0.1) is 0 Å². The monoisotopic (exact) mass is 501 g/mol. The van der Waals surface area contributed by atoms with E-state index in [-0.39, 0.29) is 25.3 Å². The van der Waals surface area contributed by atoms with Crippen molar-refractivity contribution in [3.05, 3.63) is 102 Å². The lowest BCUT2D eigenvalue weighted by atomic mass is 10.0. The standard InChI is InChI=1S/C29H31N3O5/c1-35-27-14-12-22(13-15-27)17-30-18-25-16-26(19-30)32(29(34)37-21-24-10-6-3-7-11-24)31(25)28(33)36-20-23-8-4-2-5-9-23/h2-15,25-26H,16-21H2,1H3. The number of nitrogens with zero attached hydrogens (tertiary/aromatic N) is 3. The molecule has 2 aliphatic heterocycles. The Balaban J connectivity index is 1.30. The van der Waals surface area contributed by atoms with Gasteiger partial charge in [0.25, 0.3) is 0 Å². The summed E-state index contributed by atoms with van der Waals surface area (Å²) in [5.74, 6) is 0.808. The number of piperidine rings is 1. The number of ether oxygens (including phenoxy) is 3. The van der Waals surface area contributed by atoms with Crippen molar-refractivity contribution in [1.82, 2.24) is 14.9 Å². The molecule has 2 unspecified atom stereocenters. The molecule has 0 saturated carbocycles. The van der Waals surface area contributed by atoms with Crippen molar-refractivity contribution in [3.63, 3.8) is 0 Å². The average Bonchev–Trinajstić information content (AvgIpc) is 3.21. The third-order valence-electron chi connectivity index (χ3n) is 6.76. The number of carbonyl (C=O) groups excluding carboxylic acids is 2. The van der Waals surface area contributed by atoms with Crippen molar-refractivity contribution in [2.24, 2.45) is 0 Å². The summed E-state index contributed by atoms with van der Waals surface area (Å²) in [7, 11) is 1.65. The Morgan fingerprint density at radius 2 is 1.19 bits per heavy atom. The van der Waals surface area contributed by atoms with E-state index in [2.05, 4.69) is 4.90 Å². The van der Waals surface area contributed by atoms with E-state index in [9.17, 15) is 9.59 Å². The summed E-state index contributed by atoms with van der Waals surface area (Å²) in [4.78, 5) is 28.9. The summed E-state index contributed by atoms with van der Waals surface area (Å²) in [5.41, 5.74) is 2.91. The number of hydrogen-bond donors (Lipinski definition) is 0. The van der Waals surface area contributed by atoms with Gasteiger partial charge >= 0.3 is 12.2 Å². The fourth-order valence-electron chi connectivity index (χ4n) is 5.00. The fourth-order valence-corrected chi connectivity index (χ4v) is 5.00. The molecule has 8 nitrogen and oxygen atoms in total. The van der Waals surface area contributed by atoms with Crippen LogP contribution in [-0.2, 0) is 29.2 Å². The summed E-state index contributed by atoms with van der Waals surface area (Å²) in [6.45, 7) is 2.24. The lowest BCUT2D eigenvalue weighted by Crippen LogP contribution is -2.50. The highest BCUT2D eigenvalue weighted by Gasteiger charge is 2.50. The molecule has 192 valence electrons. The predicted octanol–water partition coefficient (Wildman–Crippen LogP) is 4.84. The van der Waals surface area contributed by atoms with Gasteiger partial charge in [-0.2, -0.15) is 0 Å². The number of benzene rings is 3. The Kier molecular flexibility index (Phi) is 7.56. The number of fused-ring (bicyclic) bond motifs is 2. The Morgan fingerprint density at radius 3 is 1.65 bits per heavy atom. The normalized spacial score (nSPS) is 18.9. The zero-order valence-electron chi connectivity index (χ0n) is 20.9. The zero-order valence-corrected chi connectivity index (χ0v) is 20.9. The summed E-state index contributed by atoms with van der Waals surface area (Å²) in [5, 5.41) is 2.93. The van der Waals surface area contributed by atoms with Crippen LogP contribution in [0.3, 0.4) is 0 Å². The molecule has 2 aliphatic rings. The van der Waals surface area contributed by atoms with E-state index in [1.165, 1.54) is 10.0 Å². The quantitative estimate of drug-likeness (QED) is 0.461. The fraction of sp³-hybridized carbons (Fsp3) is 0.310. The molecule has 5 rings (SSSR count). The lowest BCUT2D eigenvalue weighted by molar-refractivity contribution is -0.0199. The molecule has 0 aromatic heterocycles. The van der Waals surface area contributed by atoms with Gasteiger partial charge in [-0.3, -0.25) is 4.90 Å². The minimum atomic E-state index is -0.542. The van der Waals surface area contributed by atoms with Crippen molar-refractivity contribution in [3.8, 4) is 5.75 Å². The van der Waals surface area contributed by atoms with Gasteiger partial charge in [0.05, 0.1) is 19.2 Å². The topological polar surface area (TPSA) is 71.6 Å². The van der Waals surface area contributed by atoms with Gasteiger partial charge in [-0.05, 0) is 35.2 Å². The van der Waals surface area contributed by atoms with Gasteiger partial charge in [-0.1, -0.05) is 72.8 Å². The van der Waals surface area contributed by atoms with Crippen LogP contribution in [0.25, 0.3) is 0 Å². The van der Waals surface area contributed by atoms with Crippen LogP contribution in [0.15, 0.2) is 84.9 Å². The van der Waals surface area contributed by atoms with Crippen molar-refractivity contribution >= 4 is 12.2 Å². The Labute approximate surface area is 216 Å².